The Balaban J connectivity index is 1.44. The lowest BCUT2D eigenvalue weighted by Gasteiger charge is -2.44. The number of hydrogen-bond donors (Lipinski definition) is 1. The lowest BCUT2D eigenvalue weighted by molar-refractivity contribution is -0.138. The molecule has 3 fully saturated rings. The van der Waals surface area contributed by atoms with Gasteiger partial charge in [-0.3, -0.25) is 9.69 Å². The van der Waals surface area contributed by atoms with E-state index in [2.05, 4.69) is 28.6 Å². The molecule has 26 heavy (non-hydrogen) atoms. The van der Waals surface area contributed by atoms with E-state index in [4.69, 9.17) is 0 Å². The molecule has 3 saturated heterocycles. The Hall–Kier alpha value is -1.40. The van der Waals surface area contributed by atoms with Gasteiger partial charge in [-0.2, -0.15) is 0 Å². The van der Waals surface area contributed by atoms with Crippen molar-refractivity contribution >= 4 is 5.91 Å². The van der Waals surface area contributed by atoms with Gasteiger partial charge in [0.25, 0.3) is 0 Å². The van der Waals surface area contributed by atoms with Gasteiger partial charge in [0, 0.05) is 44.6 Å². The van der Waals surface area contributed by atoms with Crippen LogP contribution >= 0.6 is 0 Å². The lowest BCUT2D eigenvalue weighted by Crippen LogP contribution is -2.54. The predicted octanol–water partition coefficient (Wildman–Crippen LogP) is 1.74. The number of aromatic nitrogens is 2. The molecule has 4 atom stereocenters. The molecule has 3 aliphatic heterocycles. The molecule has 1 aromatic heterocycles. The van der Waals surface area contributed by atoms with Gasteiger partial charge in [-0.25, -0.2) is 4.98 Å². The number of amides is 1. The highest BCUT2D eigenvalue weighted by molar-refractivity contribution is 5.78. The fraction of sp³-hybridized carbons (Fsp3) is 0.800. The summed E-state index contributed by atoms with van der Waals surface area (Å²) >= 11 is 0. The first-order valence-electron chi connectivity index (χ1n) is 10.1. The second-order valence-electron chi connectivity index (χ2n) is 9.10. The molecule has 1 amide bonds. The minimum absolute atomic E-state index is 0.266. The van der Waals surface area contributed by atoms with E-state index in [9.17, 15) is 9.90 Å². The lowest BCUT2D eigenvalue weighted by atomic mass is 9.85. The van der Waals surface area contributed by atoms with Crippen LogP contribution in [0.2, 0.25) is 0 Å². The van der Waals surface area contributed by atoms with E-state index in [1.54, 1.807) is 6.20 Å². The summed E-state index contributed by atoms with van der Waals surface area (Å²) in [5, 5.41) is 11.3. The molecule has 0 radical (unpaired) electrons. The van der Waals surface area contributed by atoms with Crippen molar-refractivity contribution in [3.8, 4) is 0 Å². The fourth-order valence-electron chi connectivity index (χ4n) is 5.69. The first-order chi connectivity index (χ1) is 12.4. The van der Waals surface area contributed by atoms with Crippen LogP contribution in [-0.2, 0) is 17.4 Å². The zero-order valence-corrected chi connectivity index (χ0v) is 16.3. The van der Waals surface area contributed by atoms with Crippen molar-refractivity contribution in [3.63, 3.8) is 0 Å². The number of carbonyl (C=O) groups is 1. The molecule has 0 spiro atoms. The Morgan fingerprint density at radius 1 is 1.23 bits per heavy atom. The summed E-state index contributed by atoms with van der Waals surface area (Å²) in [5.74, 6) is 2.21. The number of aryl methyl sites for hydroxylation is 1. The van der Waals surface area contributed by atoms with E-state index in [1.165, 1.54) is 6.42 Å². The average Bonchev–Trinajstić information content (AvgIpc) is 3.09. The van der Waals surface area contributed by atoms with Gasteiger partial charge in [-0.1, -0.05) is 13.8 Å². The molecule has 4 rings (SSSR count). The van der Waals surface area contributed by atoms with Crippen LogP contribution in [0, 0.1) is 11.8 Å². The van der Waals surface area contributed by atoms with Crippen molar-refractivity contribution in [1.82, 2.24) is 19.4 Å². The molecule has 1 aromatic rings. The summed E-state index contributed by atoms with van der Waals surface area (Å²) in [5.41, 5.74) is -0.863. The standard InChI is InChI=1S/C20H32N4O2/c1-14-8-15(2)12-23(11-14)18(25)13-24-16-4-5-17(24)10-20(26,9-16)19-21-6-7-22(19)3/h6-7,14-17,26H,4-5,8-13H2,1-3H3. The van der Waals surface area contributed by atoms with Crippen LogP contribution in [0.5, 0.6) is 0 Å². The third-order valence-corrected chi connectivity index (χ3v) is 6.69. The number of aliphatic hydroxyl groups is 1. The van der Waals surface area contributed by atoms with Crippen molar-refractivity contribution < 1.29 is 9.90 Å². The molecule has 144 valence electrons. The minimum Gasteiger partial charge on any atom is -0.382 e. The smallest absolute Gasteiger partial charge is 0.236 e. The van der Waals surface area contributed by atoms with E-state index in [0.29, 0.717) is 31.2 Å². The van der Waals surface area contributed by atoms with Crippen molar-refractivity contribution in [2.45, 2.75) is 63.6 Å². The van der Waals surface area contributed by atoms with E-state index in [0.717, 1.165) is 31.8 Å². The molecule has 6 nitrogen and oxygen atoms in total. The summed E-state index contributed by atoms with van der Waals surface area (Å²) in [7, 11) is 1.94. The van der Waals surface area contributed by atoms with Gasteiger partial charge in [0.2, 0.25) is 5.91 Å². The second-order valence-corrected chi connectivity index (χ2v) is 9.10. The Labute approximate surface area is 156 Å². The summed E-state index contributed by atoms with van der Waals surface area (Å²) in [4.78, 5) is 21.8. The van der Waals surface area contributed by atoms with Crippen molar-refractivity contribution in [1.29, 1.82) is 0 Å². The van der Waals surface area contributed by atoms with Crippen LogP contribution in [0.15, 0.2) is 12.4 Å². The zero-order valence-electron chi connectivity index (χ0n) is 16.3. The number of likely N-dealkylation sites (tertiary alicyclic amines) is 1. The van der Waals surface area contributed by atoms with Gasteiger partial charge in [-0.05, 0) is 43.9 Å². The number of hydrogen-bond acceptors (Lipinski definition) is 4. The highest BCUT2D eigenvalue weighted by Crippen LogP contribution is 2.45. The number of rotatable bonds is 3. The minimum atomic E-state index is -0.863. The van der Waals surface area contributed by atoms with Crippen LogP contribution in [0.25, 0.3) is 0 Å². The van der Waals surface area contributed by atoms with Gasteiger partial charge >= 0.3 is 0 Å². The van der Waals surface area contributed by atoms with Crippen LogP contribution in [0.4, 0.5) is 0 Å². The Bertz CT molecular complexity index is 649. The van der Waals surface area contributed by atoms with E-state index in [1.807, 2.05) is 17.8 Å². The SMILES string of the molecule is CC1CC(C)CN(C(=O)CN2C3CCC2CC(O)(c2nccn2C)C3)C1. The molecule has 4 unspecified atom stereocenters. The van der Waals surface area contributed by atoms with Crippen LogP contribution in [0.1, 0.15) is 51.8 Å². The van der Waals surface area contributed by atoms with E-state index in [-0.39, 0.29) is 18.0 Å². The summed E-state index contributed by atoms with van der Waals surface area (Å²) in [6.45, 7) is 6.78. The average molecular weight is 361 g/mol. The number of imidazole rings is 1. The number of fused-ring (bicyclic) bond motifs is 2. The Morgan fingerprint density at radius 3 is 2.38 bits per heavy atom. The third kappa shape index (κ3) is 3.18. The molecule has 6 heteroatoms. The van der Waals surface area contributed by atoms with Crippen LogP contribution < -0.4 is 0 Å². The van der Waals surface area contributed by atoms with Crippen molar-refractivity contribution in [2.75, 3.05) is 19.6 Å². The maximum Gasteiger partial charge on any atom is 0.236 e. The van der Waals surface area contributed by atoms with Crippen molar-refractivity contribution in [2.24, 2.45) is 18.9 Å². The topological polar surface area (TPSA) is 61.6 Å². The maximum atomic E-state index is 12.9. The molecule has 0 aromatic carbocycles. The summed E-state index contributed by atoms with van der Waals surface area (Å²) in [6.07, 6.45) is 8.35. The van der Waals surface area contributed by atoms with E-state index < -0.39 is 5.60 Å². The molecule has 2 bridgehead atoms. The Kier molecular flexibility index (Phi) is 4.59. The Morgan fingerprint density at radius 2 is 1.85 bits per heavy atom. The zero-order chi connectivity index (χ0) is 18.5. The monoisotopic (exact) mass is 360 g/mol. The fourth-order valence-corrected chi connectivity index (χ4v) is 5.69. The molecule has 4 heterocycles. The quantitative estimate of drug-likeness (QED) is 0.892. The van der Waals surface area contributed by atoms with Crippen molar-refractivity contribution in [3.05, 3.63) is 18.2 Å². The number of carbonyl (C=O) groups excluding carboxylic acids is 1. The maximum absolute atomic E-state index is 12.9. The summed E-state index contributed by atoms with van der Waals surface area (Å²) < 4.78 is 1.93. The van der Waals surface area contributed by atoms with Gasteiger partial charge in [-0.15, -0.1) is 0 Å². The normalized spacial score (nSPS) is 37.9. The molecular formula is C20H32N4O2. The molecule has 3 aliphatic rings. The van der Waals surface area contributed by atoms with Crippen LogP contribution in [-0.4, -0.2) is 62.1 Å². The second kappa shape index (κ2) is 6.64. The van der Waals surface area contributed by atoms with Crippen LogP contribution in [0.3, 0.4) is 0 Å². The first-order valence-corrected chi connectivity index (χ1v) is 10.1. The van der Waals surface area contributed by atoms with Gasteiger partial charge < -0.3 is 14.6 Å². The molecular weight excluding hydrogens is 328 g/mol. The highest BCUT2D eigenvalue weighted by atomic mass is 16.3. The largest absolute Gasteiger partial charge is 0.382 e. The predicted molar refractivity (Wildman–Crippen MR) is 99.4 cm³/mol. The van der Waals surface area contributed by atoms with E-state index >= 15 is 0 Å². The molecule has 0 aliphatic carbocycles. The molecule has 0 saturated carbocycles. The number of nitrogens with zero attached hydrogens (tertiary/aromatic N) is 4. The van der Waals surface area contributed by atoms with Gasteiger partial charge in [0.05, 0.1) is 6.54 Å². The molecule has 1 N–H and O–H groups in total. The number of piperidine rings is 2. The van der Waals surface area contributed by atoms with Gasteiger partial charge in [0.1, 0.15) is 11.4 Å². The van der Waals surface area contributed by atoms with Gasteiger partial charge in [0.15, 0.2) is 0 Å². The third-order valence-electron chi connectivity index (χ3n) is 6.69. The highest BCUT2D eigenvalue weighted by Gasteiger charge is 2.50. The first kappa shape index (κ1) is 18.0. The summed E-state index contributed by atoms with van der Waals surface area (Å²) in [6, 6.07) is 0.554.